The van der Waals surface area contributed by atoms with Crippen LogP contribution in [0.15, 0.2) is 0 Å². The number of rotatable bonds is 3. The fourth-order valence-electron chi connectivity index (χ4n) is 1.56. The van der Waals surface area contributed by atoms with Crippen LogP contribution in [0.5, 0.6) is 0 Å². The molecule has 1 rings (SSSR count). The highest BCUT2D eigenvalue weighted by Gasteiger charge is 2.21. The van der Waals surface area contributed by atoms with Crippen molar-refractivity contribution in [2.24, 2.45) is 0 Å². The van der Waals surface area contributed by atoms with E-state index >= 15 is 0 Å². The zero-order valence-corrected chi connectivity index (χ0v) is 9.02. The summed E-state index contributed by atoms with van der Waals surface area (Å²) in [5.74, 6) is -0.490. The molecule has 1 fully saturated rings. The van der Waals surface area contributed by atoms with E-state index in [4.69, 9.17) is 9.47 Å². The summed E-state index contributed by atoms with van der Waals surface area (Å²) in [5, 5.41) is 0. The Kier molecular flexibility index (Phi) is 4.39. The van der Waals surface area contributed by atoms with E-state index in [0.29, 0.717) is 0 Å². The Balaban J connectivity index is 2.19. The maximum absolute atomic E-state index is 11.2. The van der Waals surface area contributed by atoms with Crippen LogP contribution >= 0.6 is 0 Å². The topological polar surface area (TPSA) is 61.8 Å². The predicted molar refractivity (Wildman–Crippen MR) is 51.1 cm³/mol. The minimum atomic E-state index is -0.892. The van der Waals surface area contributed by atoms with Crippen LogP contribution in [0, 0.1) is 0 Å². The van der Waals surface area contributed by atoms with E-state index in [1.807, 2.05) is 0 Å². The number of esters is 1. The van der Waals surface area contributed by atoms with E-state index in [9.17, 15) is 9.59 Å². The van der Waals surface area contributed by atoms with Crippen molar-refractivity contribution in [1.82, 2.24) is 0 Å². The van der Waals surface area contributed by atoms with Crippen LogP contribution in [0.4, 0.5) is 4.79 Å². The van der Waals surface area contributed by atoms with E-state index in [2.05, 4.69) is 4.74 Å². The predicted octanol–water partition coefficient (Wildman–Crippen LogP) is 1.99. The van der Waals surface area contributed by atoms with Crippen LogP contribution in [0.2, 0.25) is 0 Å². The van der Waals surface area contributed by atoms with Gasteiger partial charge in [-0.1, -0.05) is 0 Å². The second kappa shape index (κ2) is 5.58. The average molecular weight is 216 g/mol. The first-order valence-corrected chi connectivity index (χ1v) is 5.12. The monoisotopic (exact) mass is 216 g/mol. The van der Waals surface area contributed by atoms with Gasteiger partial charge in [-0.15, -0.1) is 0 Å². The average Bonchev–Trinajstić information content (AvgIpc) is 2.53. The Morgan fingerprint density at radius 3 is 2.33 bits per heavy atom. The minimum absolute atomic E-state index is 0.0398. The smallest absolute Gasteiger partial charge is 0.431 e. The van der Waals surface area contributed by atoms with Crippen molar-refractivity contribution in [3.8, 4) is 0 Å². The molecule has 5 heteroatoms. The van der Waals surface area contributed by atoms with Crippen molar-refractivity contribution in [1.29, 1.82) is 0 Å². The quantitative estimate of drug-likeness (QED) is 0.533. The SMILES string of the molecule is CC(=O)OC(C)OC(=O)OC1CCCC1. The molecule has 0 aromatic heterocycles. The van der Waals surface area contributed by atoms with Crippen LogP contribution < -0.4 is 0 Å². The summed E-state index contributed by atoms with van der Waals surface area (Å²) in [6, 6.07) is 0. The lowest BCUT2D eigenvalue weighted by molar-refractivity contribution is -0.166. The summed E-state index contributed by atoms with van der Waals surface area (Å²) in [7, 11) is 0. The van der Waals surface area contributed by atoms with Crippen molar-refractivity contribution in [3.05, 3.63) is 0 Å². The Hall–Kier alpha value is -1.26. The van der Waals surface area contributed by atoms with Gasteiger partial charge in [0.15, 0.2) is 0 Å². The first kappa shape index (κ1) is 11.8. The molecule has 0 amide bonds. The maximum Gasteiger partial charge on any atom is 0.511 e. The molecular weight excluding hydrogens is 200 g/mol. The standard InChI is InChI=1S/C10H16O5/c1-7(11)13-8(2)14-10(12)15-9-5-3-4-6-9/h8-9H,3-6H2,1-2H3. The zero-order valence-electron chi connectivity index (χ0n) is 9.02. The second-order valence-corrected chi connectivity index (χ2v) is 3.57. The van der Waals surface area contributed by atoms with Gasteiger partial charge in [0.2, 0.25) is 6.29 Å². The summed E-state index contributed by atoms with van der Waals surface area (Å²) in [4.78, 5) is 21.7. The summed E-state index contributed by atoms with van der Waals surface area (Å²) in [5.41, 5.74) is 0. The van der Waals surface area contributed by atoms with Crippen molar-refractivity contribution in [3.63, 3.8) is 0 Å². The molecule has 0 saturated heterocycles. The molecule has 86 valence electrons. The largest absolute Gasteiger partial charge is 0.511 e. The highest BCUT2D eigenvalue weighted by Crippen LogP contribution is 2.21. The molecule has 1 unspecified atom stereocenters. The summed E-state index contributed by atoms with van der Waals surface area (Å²) >= 11 is 0. The van der Waals surface area contributed by atoms with E-state index < -0.39 is 18.4 Å². The molecule has 1 aliphatic rings. The van der Waals surface area contributed by atoms with Crippen LogP contribution in [-0.4, -0.2) is 24.5 Å². The molecule has 0 N–H and O–H groups in total. The van der Waals surface area contributed by atoms with E-state index in [0.717, 1.165) is 25.7 Å². The van der Waals surface area contributed by atoms with Crippen molar-refractivity contribution in [2.75, 3.05) is 0 Å². The van der Waals surface area contributed by atoms with Crippen LogP contribution in [0.3, 0.4) is 0 Å². The van der Waals surface area contributed by atoms with Gasteiger partial charge in [0.25, 0.3) is 0 Å². The lowest BCUT2D eigenvalue weighted by Gasteiger charge is -2.15. The van der Waals surface area contributed by atoms with Gasteiger partial charge in [-0.2, -0.15) is 0 Å². The fourth-order valence-corrected chi connectivity index (χ4v) is 1.56. The number of hydrogen-bond donors (Lipinski definition) is 0. The lowest BCUT2D eigenvalue weighted by Crippen LogP contribution is -2.23. The van der Waals surface area contributed by atoms with Crippen molar-refractivity contribution in [2.45, 2.75) is 51.9 Å². The molecule has 0 aliphatic heterocycles. The molecule has 0 heterocycles. The van der Waals surface area contributed by atoms with Gasteiger partial charge in [-0.3, -0.25) is 4.79 Å². The molecule has 0 aromatic carbocycles. The Morgan fingerprint density at radius 1 is 1.20 bits per heavy atom. The van der Waals surface area contributed by atoms with E-state index in [1.165, 1.54) is 13.8 Å². The van der Waals surface area contributed by atoms with E-state index in [-0.39, 0.29) is 6.10 Å². The highest BCUT2D eigenvalue weighted by molar-refractivity contribution is 5.66. The van der Waals surface area contributed by atoms with E-state index in [1.54, 1.807) is 0 Å². The molecule has 0 spiro atoms. The van der Waals surface area contributed by atoms with Crippen molar-refractivity contribution < 1.29 is 23.8 Å². The molecule has 1 aliphatic carbocycles. The van der Waals surface area contributed by atoms with Gasteiger partial charge < -0.3 is 14.2 Å². The molecule has 5 nitrogen and oxygen atoms in total. The van der Waals surface area contributed by atoms with Gasteiger partial charge in [0.1, 0.15) is 6.10 Å². The first-order chi connectivity index (χ1) is 7.08. The maximum atomic E-state index is 11.2. The normalized spacial score (nSPS) is 18.3. The molecule has 1 atom stereocenters. The Bertz CT molecular complexity index is 232. The van der Waals surface area contributed by atoms with Crippen LogP contribution in [0.25, 0.3) is 0 Å². The third kappa shape index (κ3) is 4.67. The van der Waals surface area contributed by atoms with Crippen LogP contribution in [-0.2, 0) is 19.0 Å². The molecule has 0 bridgehead atoms. The van der Waals surface area contributed by atoms with Gasteiger partial charge in [-0.05, 0) is 25.7 Å². The number of carbonyl (C=O) groups excluding carboxylic acids is 2. The lowest BCUT2D eigenvalue weighted by atomic mass is 10.3. The van der Waals surface area contributed by atoms with Gasteiger partial charge in [0.05, 0.1) is 0 Å². The van der Waals surface area contributed by atoms with Gasteiger partial charge in [-0.25, -0.2) is 4.79 Å². The Labute approximate surface area is 88.7 Å². The third-order valence-electron chi connectivity index (χ3n) is 2.16. The van der Waals surface area contributed by atoms with Crippen LogP contribution in [0.1, 0.15) is 39.5 Å². The number of ether oxygens (including phenoxy) is 3. The summed E-state index contributed by atoms with van der Waals surface area (Å²) < 4.78 is 14.4. The van der Waals surface area contributed by atoms with Crippen molar-refractivity contribution >= 4 is 12.1 Å². The second-order valence-electron chi connectivity index (χ2n) is 3.57. The molecule has 1 saturated carbocycles. The summed E-state index contributed by atoms with van der Waals surface area (Å²) in [6.45, 7) is 2.72. The summed E-state index contributed by atoms with van der Waals surface area (Å²) in [6.07, 6.45) is 2.23. The first-order valence-electron chi connectivity index (χ1n) is 5.12. The van der Waals surface area contributed by atoms with Gasteiger partial charge in [0, 0.05) is 13.8 Å². The number of carbonyl (C=O) groups is 2. The third-order valence-corrected chi connectivity index (χ3v) is 2.16. The van der Waals surface area contributed by atoms with Gasteiger partial charge >= 0.3 is 12.1 Å². The highest BCUT2D eigenvalue weighted by atomic mass is 16.8. The minimum Gasteiger partial charge on any atom is -0.431 e. The molecule has 0 aromatic rings. The molecule has 0 radical (unpaired) electrons. The molecular formula is C10H16O5. The molecule has 15 heavy (non-hydrogen) atoms. The zero-order chi connectivity index (χ0) is 11.3. The fraction of sp³-hybridized carbons (Fsp3) is 0.800. The number of hydrogen-bond acceptors (Lipinski definition) is 5. The Morgan fingerprint density at radius 2 is 1.80 bits per heavy atom.